The molecule has 96 valence electrons. The summed E-state index contributed by atoms with van der Waals surface area (Å²) in [4.78, 5) is 4.75. The van der Waals surface area contributed by atoms with Crippen LogP contribution in [-0.4, -0.2) is 15.4 Å². The van der Waals surface area contributed by atoms with Gasteiger partial charge in [0.2, 0.25) is 0 Å². The maximum Gasteiger partial charge on any atom is 0.111 e. The Bertz CT molecular complexity index is 573. The fraction of sp³-hybridized carbons (Fsp3) is 0.533. The van der Waals surface area contributed by atoms with Crippen molar-refractivity contribution in [3.05, 3.63) is 29.6 Å². The van der Waals surface area contributed by atoms with Gasteiger partial charge in [-0.1, -0.05) is 19.4 Å². The smallest absolute Gasteiger partial charge is 0.111 e. The van der Waals surface area contributed by atoms with Crippen LogP contribution in [0.5, 0.6) is 0 Å². The molecule has 3 rings (SSSR count). The lowest BCUT2D eigenvalue weighted by Crippen LogP contribution is -2.04. The minimum Gasteiger partial charge on any atom is -0.325 e. The van der Waals surface area contributed by atoms with Crippen LogP contribution in [-0.2, 0) is 6.42 Å². The van der Waals surface area contributed by atoms with Gasteiger partial charge < -0.3 is 4.57 Å². The molecule has 2 atom stereocenters. The minimum atomic E-state index is 0.645. The van der Waals surface area contributed by atoms with Gasteiger partial charge in [-0.3, -0.25) is 0 Å². The third kappa shape index (κ3) is 1.93. The van der Waals surface area contributed by atoms with Gasteiger partial charge in [-0.15, -0.1) is 11.6 Å². The second kappa shape index (κ2) is 4.58. The quantitative estimate of drug-likeness (QED) is 0.759. The third-order valence-corrected chi connectivity index (χ3v) is 4.17. The Morgan fingerprint density at radius 2 is 2.28 bits per heavy atom. The van der Waals surface area contributed by atoms with E-state index in [0.717, 1.165) is 23.7 Å². The number of nitrogens with zero attached hydrogens (tertiary/aromatic N) is 2. The maximum atomic E-state index is 5.91. The summed E-state index contributed by atoms with van der Waals surface area (Å²) < 4.78 is 2.44. The van der Waals surface area contributed by atoms with Crippen LogP contribution >= 0.6 is 11.6 Å². The highest BCUT2D eigenvalue weighted by atomic mass is 35.5. The van der Waals surface area contributed by atoms with Gasteiger partial charge in [-0.05, 0) is 37.0 Å². The van der Waals surface area contributed by atoms with Gasteiger partial charge >= 0.3 is 0 Å². The van der Waals surface area contributed by atoms with Gasteiger partial charge in [0.15, 0.2) is 0 Å². The Kier molecular flexibility index (Phi) is 3.06. The molecule has 2 nitrogen and oxygen atoms in total. The summed E-state index contributed by atoms with van der Waals surface area (Å²) in [6, 6.07) is 7.17. The lowest BCUT2D eigenvalue weighted by molar-refractivity contribution is 0.628. The number of aromatic nitrogens is 2. The van der Waals surface area contributed by atoms with Crippen LogP contribution in [0.1, 0.15) is 37.2 Å². The highest BCUT2D eigenvalue weighted by Crippen LogP contribution is 2.47. The van der Waals surface area contributed by atoms with Gasteiger partial charge in [-0.25, -0.2) is 4.98 Å². The van der Waals surface area contributed by atoms with Crippen LogP contribution < -0.4 is 0 Å². The molecule has 2 aromatic rings. The number of rotatable bonds is 4. The zero-order chi connectivity index (χ0) is 12.7. The molecule has 18 heavy (non-hydrogen) atoms. The number of fused-ring (bicyclic) bond motifs is 1. The van der Waals surface area contributed by atoms with E-state index in [1.165, 1.54) is 23.9 Å². The van der Waals surface area contributed by atoms with Crippen molar-refractivity contribution < 1.29 is 0 Å². The molecule has 1 heterocycles. The van der Waals surface area contributed by atoms with Crippen molar-refractivity contribution in [2.24, 2.45) is 5.92 Å². The van der Waals surface area contributed by atoms with Crippen molar-refractivity contribution in [3.8, 4) is 0 Å². The van der Waals surface area contributed by atoms with E-state index in [0.29, 0.717) is 11.9 Å². The topological polar surface area (TPSA) is 17.8 Å². The Morgan fingerprint density at radius 1 is 1.44 bits per heavy atom. The number of aryl methyl sites for hydroxylation is 2. The molecule has 0 spiro atoms. The molecule has 0 aliphatic heterocycles. The predicted octanol–water partition coefficient (Wildman–Crippen LogP) is 4.10. The summed E-state index contributed by atoms with van der Waals surface area (Å²) in [6.07, 6.45) is 3.42. The Hall–Kier alpha value is -1.02. The Balaban J connectivity index is 2.12. The van der Waals surface area contributed by atoms with Gasteiger partial charge in [0.1, 0.15) is 5.82 Å². The molecule has 0 N–H and O–H groups in total. The molecule has 1 aliphatic rings. The zero-order valence-corrected chi connectivity index (χ0v) is 11.7. The highest BCUT2D eigenvalue weighted by Gasteiger charge is 2.38. The number of halogens is 1. The second-order valence-electron chi connectivity index (χ2n) is 5.30. The molecule has 3 heteroatoms. The van der Waals surface area contributed by atoms with Crippen LogP contribution in [0.2, 0.25) is 0 Å². The predicted molar refractivity (Wildman–Crippen MR) is 76.3 cm³/mol. The SMILES string of the molecule is CCC1CC1n1c(CCCl)nc2ccc(C)cc21. The number of alkyl halides is 1. The Labute approximate surface area is 113 Å². The molecule has 2 unspecified atom stereocenters. The normalized spacial score (nSPS) is 22.6. The van der Waals surface area contributed by atoms with Gasteiger partial charge in [0.25, 0.3) is 0 Å². The minimum absolute atomic E-state index is 0.645. The molecular formula is C15H19ClN2. The highest BCUT2D eigenvalue weighted by molar-refractivity contribution is 6.17. The van der Waals surface area contributed by atoms with E-state index in [2.05, 4.69) is 36.6 Å². The number of benzene rings is 1. The van der Waals surface area contributed by atoms with Crippen LogP contribution in [0.3, 0.4) is 0 Å². The van der Waals surface area contributed by atoms with E-state index in [9.17, 15) is 0 Å². The molecule has 0 amide bonds. The lowest BCUT2D eigenvalue weighted by atomic mass is 10.2. The molecular weight excluding hydrogens is 244 g/mol. The van der Waals surface area contributed by atoms with Crippen molar-refractivity contribution in [1.82, 2.24) is 9.55 Å². The fourth-order valence-corrected chi connectivity index (χ4v) is 3.04. The standard InChI is InChI=1S/C15H19ClN2/c1-3-11-9-13(11)18-14-8-10(2)4-5-12(14)17-15(18)6-7-16/h4-5,8,11,13H,3,6-7,9H2,1-2H3. The van der Waals surface area contributed by atoms with Gasteiger partial charge in [0, 0.05) is 18.3 Å². The third-order valence-electron chi connectivity index (χ3n) is 3.98. The van der Waals surface area contributed by atoms with E-state index in [-0.39, 0.29) is 0 Å². The molecule has 0 bridgehead atoms. The largest absolute Gasteiger partial charge is 0.325 e. The summed E-state index contributed by atoms with van der Waals surface area (Å²) in [5, 5.41) is 0. The number of hydrogen-bond donors (Lipinski definition) is 0. The molecule has 1 aliphatic carbocycles. The van der Waals surface area contributed by atoms with Gasteiger partial charge in [0.05, 0.1) is 11.0 Å². The van der Waals surface area contributed by atoms with Crippen LogP contribution in [0, 0.1) is 12.8 Å². The van der Waals surface area contributed by atoms with Crippen LogP contribution in [0.15, 0.2) is 18.2 Å². The number of hydrogen-bond acceptors (Lipinski definition) is 1. The molecule has 0 saturated heterocycles. The van der Waals surface area contributed by atoms with Crippen molar-refractivity contribution in [2.75, 3.05) is 5.88 Å². The first kappa shape index (κ1) is 12.0. The zero-order valence-electron chi connectivity index (χ0n) is 11.0. The van der Waals surface area contributed by atoms with Crippen molar-refractivity contribution >= 4 is 22.6 Å². The molecule has 1 saturated carbocycles. The summed E-state index contributed by atoms with van der Waals surface area (Å²) >= 11 is 5.91. The van der Waals surface area contributed by atoms with E-state index >= 15 is 0 Å². The van der Waals surface area contributed by atoms with E-state index < -0.39 is 0 Å². The summed E-state index contributed by atoms with van der Waals surface area (Å²) in [5.41, 5.74) is 3.70. The lowest BCUT2D eigenvalue weighted by Gasteiger charge is -2.08. The average molecular weight is 263 g/mol. The first-order valence-corrected chi connectivity index (χ1v) is 7.31. The molecule has 0 radical (unpaired) electrons. The molecule has 1 aromatic carbocycles. The fourth-order valence-electron chi connectivity index (χ4n) is 2.87. The van der Waals surface area contributed by atoms with Crippen LogP contribution in [0.25, 0.3) is 11.0 Å². The van der Waals surface area contributed by atoms with Gasteiger partial charge in [-0.2, -0.15) is 0 Å². The number of imidazole rings is 1. The first-order valence-electron chi connectivity index (χ1n) is 6.78. The molecule has 1 fully saturated rings. The summed E-state index contributed by atoms with van der Waals surface area (Å²) in [7, 11) is 0. The molecule has 1 aromatic heterocycles. The van der Waals surface area contributed by atoms with Crippen molar-refractivity contribution in [3.63, 3.8) is 0 Å². The van der Waals surface area contributed by atoms with Crippen molar-refractivity contribution in [1.29, 1.82) is 0 Å². The van der Waals surface area contributed by atoms with E-state index in [4.69, 9.17) is 16.6 Å². The first-order chi connectivity index (χ1) is 8.74. The van der Waals surface area contributed by atoms with E-state index in [1.807, 2.05) is 0 Å². The summed E-state index contributed by atoms with van der Waals surface area (Å²) in [5.74, 6) is 2.63. The average Bonchev–Trinajstić information content (AvgIpc) is 3.05. The maximum absolute atomic E-state index is 5.91. The van der Waals surface area contributed by atoms with E-state index in [1.54, 1.807) is 0 Å². The van der Waals surface area contributed by atoms with Crippen LogP contribution in [0.4, 0.5) is 0 Å². The summed E-state index contributed by atoms with van der Waals surface area (Å²) in [6.45, 7) is 4.42. The Morgan fingerprint density at radius 3 is 2.94 bits per heavy atom. The monoisotopic (exact) mass is 262 g/mol. The van der Waals surface area contributed by atoms with Crippen molar-refractivity contribution in [2.45, 2.75) is 39.2 Å². The second-order valence-corrected chi connectivity index (χ2v) is 5.68.